The van der Waals surface area contributed by atoms with Crippen molar-refractivity contribution in [3.05, 3.63) is 88.7 Å². The van der Waals surface area contributed by atoms with E-state index in [1.165, 1.54) is 11.3 Å². The zero-order valence-corrected chi connectivity index (χ0v) is 25.4. The molecule has 0 bridgehead atoms. The van der Waals surface area contributed by atoms with E-state index in [1.807, 2.05) is 76.4 Å². The maximum atomic E-state index is 12.6. The second-order valence-electron chi connectivity index (χ2n) is 11.4. The minimum atomic E-state index is -1.17. The molecule has 3 heterocycles. The number of carboxylic acids is 1. The topological polar surface area (TPSA) is 101 Å². The van der Waals surface area contributed by atoms with Crippen LogP contribution in [0.2, 0.25) is 5.02 Å². The molecule has 6 aromatic rings. The zero-order chi connectivity index (χ0) is 29.8. The van der Waals surface area contributed by atoms with Gasteiger partial charge in [-0.25, -0.2) is 9.78 Å². The highest BCUT2D eigenvalue weighted by atomic mass is 35.5. The maximum Gasteiger partial charge on any atom is 0.337 e. The SMILES string of the molecule is Cc1cc2[nH]ncc2cc1-c1cc(-c2nc3cc(C)c(C(OC(C)(C)C)C(=O)O)c(-c4ccc(Cl)cc4)c3s2)ccn1. The molecule has 0 amide bonds. The Balaban J connectivity index is 1.55. The predicted molar refractivity (Wildman–Crippen MR) is 169 cm³/mol. The van der Waals surface area contributed by atoms with Gasteiger partial charge in [0.25, 0.3) is 0 Å². The molecule has 0 aliphatic heterocycles. The lowest BCUT2D eigenvalue weighted by molar-refractivity contribution is -0.160. The van der Waals surface area contributed by atoms with Gasteiger partial charge in [-0.3, -0.25) is 10.1 Å². The standard InChI is InChI=1S/C33H29ClN4O3S/c1-17-12-24-21(16-36-38-24)14-23(17)25-15-20(10-11-35-25)31-37-26-13-18(2)27(29(32(39)40)41-33(3,4)5)28(30(26)42-31)19-6-8-22(34)9-7-19/h6-16,29H,1-5H3,(H,36,38)(H,39,40). The van der Waals surface area contributed by atoms with Gasteiger partial charge in [0.1, 0.15) is 5.01 Å². The number of carboxylic acid groups (broad SMARTS) is 1. The highest BCUT2D eigenvalue weighted by Crippen LogP contribution is 2.44. The van der Waals surface area contributed by atoms with Crippen LogP contribution in [0.4, 0.5) is 0 Å². The number of aromatic amines is 1. The molecule has 0 aliphatic rings. The highest BCUT2D eigenvalue weighted by molar-refractivity contribution is 7.22. The number of thiazole rings is 1. The van der Waals surface area contributed by atoms with E-state index >= 15 is 0 Å². The summed E-state index contributed by atoms with van der Waals surface area (Å²) in [6.07, 6.45) is 2.44. The molecule has 1 atom stereocenters. The molecular weight excluding hydrogens is 568 g/mol. The molecule has 6 rings (SSSR count). The second-order valence-corrected chi connectivity index (χ2v) is 12.8. The molecule has 0 radical (unpaired) electrons. The summed E-state index contributed by atoms with van der Waals surface area (Å²) in [4.78, 5) is 22.3. The number of pyridine rings is 1. The van der Waals surface area contributed by atoms with Crippen LogP contribution in [0.15, 0.2) is 67.0 Å². The summed E-state index contributed by atoms with van der Waals surface area (Å²) in [5.74, 6) is -1.05. The molecule has 0 saturated carbocycles. The molecule has 3 aromatic heterocycles. The number of hydrogen-bond acceptors (Lipinski definition) is 6. The first-order chi connectivity index (χ1) is 20.0. The van der Waals surface area contributed by atoms with Gasteiger partial charge in [-0.2, -0.15) is 5.10 Å². The Labute approximate surface area is 252 Å². The molecular formula is C33H29ClN4O3S. The van der Waals surface area contributed by atoms with Crippen LogP contribution in [-0.4, -0.2) is 36.8 Å². The van der Waals surface area contributed by atoms with Crippen molar-refractivity contribution in [3.63, 3.8) is 0 Å². The zero-order valence-electron chi connectivity index (χ0n) is 23.8. The first-order valence-electron chi connectivity index (χ1n) is 13.5. The quantitative estimate of drug-likeness (QED) is 0.199. The fourth-order valence-corrected chi connectivity index (χ4v) is 6.50. The van der Waals surface area contributed by atoms with Crippen molar-refractivity contribution in [2.45, 2.75) is 46.3 Å². The van der Waals surface area contributed by atoms with Crippen molar-refractivity contribution in [2.75, 3.05) is 0 Å². The number of benzene rings is 3. The molecule has 0 fully saturated rings. The molecule has 1 unspecified atom stereocenters. The Morgan fingerprint density at radius 1 is 1.02 bits per heavy atom. The minimum absolute atomic E-state index is 0.600. The number of hydrogen-bond donors (Lipinski definition) is 2. The van der Waals surface area contributed by atoms with Crippen LogP contribution in [0.1, 0.15) is 43.6 Å². The number of aryl methyl sites for hydroxylation is 2. The molecule has 2 N–H and O–H groups in total. The van der Waals surface area contributed by atoms with Crippen molar-refractivity contribution in [2.24, 2.45) is 0 Å². The third kappa shape index (κ3) is 5.29. The van der Waals surface area contributed by atoms with Crippen molar-refractivity contribution in [1.82, 2.24) is 20.2 Å². The van der Waals surface area contributed by atoms with Gasteiger partial charge < -0.3 is 9.84 Å². The number of carbonyl (C=O) groups is 1. The van der Waals surface area contributed by atoms with Crippen LogP contribution in [0.5, 0.6) is 0 Å². The number of nitrogens with one attached hydrogen (secondary N) is 1. The van der Waals surface area contributed by atoms with Crippen LogP contribution < -0.4 is 0 Å². The summed E-state index contributed by atoms with van der Waals surface area (Å²) in [5, 5.41) is 19.9. The number of rotatable bonds is 6. The molecule has 3 aromatic carbocycles. The molecule has 0 saturated heterocycles. The van der Waals surface area contributed by atoms with Gasteiger partial charge in [-0.15, -0.1) is 11.3 Å². The van der Waals surface area contributed by atoms with E-state index in [-0.39, 0.29) is 0 Å². The van der Waals surface area contributed by atoms with E-state index in [0.717, 1.165) is 65.2 Å². The Kier molecular flexibility index (Phi) is 7.09. The van der Waals surface area contributed by atoms with E-state index in [4.69, 9.17) is 21.3 Å². The van der Waals surface area contributed by atoms with E-state index in [2.05, 4.69) is 34.2 Å². The first-order valence-corrected chi connectivity index (χ1v) is 14.7. The van der Waals surface area contributed by atoms with E-state index < -0.39 is 17.7 Å². The van der Waals surface area contributed by atoms with Gasteiger partial charge in [0.2, 0.25) is 0 Å². The van der Waals surface area contributed by atoms with Crippen LogP contribution in [0.3, 0.4) is 0 Å². The van der Waals surface area contributed by atoms with Crippen LogP contribution in [0, 0.1) is 13.8 Å². The molecule has 9 heteroatoms. The summed E-state index contributed by atoms with van der Waals surface area (Å²) < 4.78 is 7.02. The maximum absolute atomic E-state index is 12.6. The Morgan fingerprint density at radius 3 is 2.50 bits per heavy atom. The Morgan fingerprint density at radius 2 is 1.79 bits per heavy atom. The number of nitrogens with zero attached hydrogens (tertiary/aromatic N) is 3. The fraction of sp³-hybridized carbons (Fsp3) is 0.212. The van der Waals surface area contributed by atoms with Gasteiger partial charge in [0.05, 0.1) is 33.2 Å². The second kappa shape index (κ2) is 10.6. The number of ether oxygens (including phenoxy) is 1. The van der Waals surface area contributed by atoms with E-state index in [1.54, 1.807) is 6.20 Å². The van der Waals surface area contributed by atoms with E-state index in [9.17, 15) is 9.90 Å². The van der Waals surface area contributed by atoms with Gasteiger partial charge in [0.15, 0.2) is 6.10 Å². The van der Waals surface area contributed by atoms with E-state index in [0.29, 0.717) is 10.6 Å². The summed E-state index contributed by atoms with van der Waals surface area (Å²) in [7, 11) is 0. The third-order valence-electron chi connectivity index (χ3n) is 7.09. The van der Waals surface area contributed by atoms with Crippen molar-refractivity contribution in [3.8, 4) is 33.0 Å². The van der Waals surface area contributed by atoms with Gasteiger partial charge in [0, 0.05) is 38.9 Å². The van der Waals surface area contributed by atoms with Gasteiger partial charge in [-0.05, 0) is 93.8 Å². The monoisotopic (exact) mass is 596 g/mol. The average Bonchev–Trinajstić information content (AvgIpc) is 3.57. The number of aliphatic carboxylic acids is 1. The average molecular weight is 597 g/mol. The number of fused-ring (bicyclic) bond motifs is 2. The lowest BCUT2D eigenvalue weighted by Crippen LogP contribution is -2.28. The number of halogens is 1. The molecule has 0 spiro atoms. The Bertz CT molecular complexity index is 1970. The normalized spacial score (nSPS) is 12.7. The molecule has 7 nitrogen and oxygen atoms in total. The van der Waals surface area contributed by atoms with Crippen molar-refractivity contribution in [1.29, 1.82) is 0 Å². The number of aromatic nitrogens is 4. The third-order valence-corrected chi connectivity index (χ3v) is 8.48. The molecule has 42 heavy (non-hydrogen) atoms. The van der Waals surface area contributed by atoms with Crippen molar-refractivity contribution < 1.29 is 14.6 Å². The summed E-state index contributed by atoms with van der Waals surface area (Å²) in [6, 6.07) is 17.6. The smallest absolute Gasteiger partial charge is 0.337 e. The minimum Gasteiger partial charge on any atom is -0.479 e. The predicted octanol–water partition coefficient (Wildman–Crippen LogP) is 8.78. The first kappa shape index (κ1) is 28.0. The lowest BCUT2D eigenvalue weighted by Gasteiger charge is -2.28. The Hall–Kier alpha value is -4.11. The highest BCUT2D eigenvalue weighted by Gasteiger charge is 2.32. The largest absolute Gasteiger partial charge is 0.479 e. The van der Waals surface area contributed by atoms with Gasteiger partial charge in [-0.1, -0.05) is 23.7 Å². The molecule has 212 valence electrons. The summed E-state index contributed by atoms with van der Waals surface area (Å²) in [5.41, 5.74) is 8.01. The van der Waals surface area contributed by atoms with Gasteiger partial charge >= 0.3 is 5.97 Å². The number of H-pyrrole nitrogens is 1. The van der Waals surface area contributed by atoms with Crippen molar-refractivity contribution >= 4 is 50.0 Å². The lowest BCUT2D eigenvalue weighted by atomic mass is 9.91. The molecule has 0 aliphatic carbocycles. The van der Waals surface area contributed by atoms with Crippen LogP contribution >= 0.6 is 22.9 Å². The fourth-order valence-electron chi connectivity index (χ4n) is 5.25. The van der Waals surface area contributed by atoms with Crippen LogP contribution in [0.25, 0.3) is 54.1 Å². The van der Waals surface area contributed by atoms with Crippen LogP contribution in [-0.2, 0) is 9.53 Å². The summed E-state index contributed by atoms with van der Waals surface area (Å²) >= 11 is 7.76. The summed E-state index contributed by atoms with van der Waals surface area (Å²) in [6.45, 7) is 9.54.